The minimum Gasteiger partial charge on any atom is -0.347 e. The second kappa shape index (κ2) is 6.35. The van der Waals surface area contributed by atoms with E-state index in [1.54, 1.807) is 0 Å². The van der Waals surface area contributed by atoms with Gasteiger partial charge in [0.25, 0.3) is 5.91 Å². The predicted molar refractivity (Wildman–Crippen MR) is 93.2 cm³/mol. The van der Waals surface area contributed by atoms with Crippen molar-refractivity contribution in [2.45, 2.75) is 46.1 Å². The zero-order valence-electron chi connectivity index (χ0n) is 14.1. The van der Waals surface area contributed by atoms with Crippen molar-refractivity contribution < 1.29 is 4.79 Å². The number of amides is 1. The van der Waals surface area contributed by atoms with Gasteiger partial charge in [0, 0.05) is 11.1 Å². The molecule has 0 bridgehead atoms. The Bertz CT molecular complexity index is 631. The van der Waals surface area contributed by atoms with Crippen LogP contribution in [-0.4, -0.2) is 11.4 Å². The molecule has 0 spiro atoms. The molecule has 2 aromatic carbocycles. The van der Waals surface area contributed by atoms with Crippen molar-refractivity contribution in [3.8, 4) is 11.1 Å². The van der Waals surface area contributed by atoms with Gasteiger partial charge in [-0.2, -0.15) is 0 Å². The Morgan fingerprint density at radius 1 is 0.864 bits per heavy atom. The minimum atomic E-state index is -0.220. The molecule has 2 rings (SSSR count). The van der Waals surface area contributed by atoms with E-state index in [4.69, 9.17) is 0 Å². The highest BCUT2D eigenvalue weighted by atomic mass is 16.1. The maximum Gasteiger partial charge on any atom is 0.251 e. The zero-order valence-corrected chi connectivity index (χ0v) is 14.1. The summed E-state index contributed by atoms with van der Waals surface area (Å²) in [6, 6.07) is 16.4. The first-order chi connectivity index (χ1) is 10.3. The van der Waals surface area contributed by atoms with Gasteiger partial charge in [-0.15, -0.1) is 0 Å². The fourth-order valence-corrected chi connectivity index (χ4v) is 2.29. The van der Waals surface area contributed by atoms with Gasteiger partial charge < -0.3 is 5.32 Å². The first-order valence-corrected chi connectivity index (χ1v) is 7.79. The first-order valence-electron chi connectivity index (χ1n) is 7.79. The molecule has 0 aliphatic rings. The molecule has 116 valence electrons. The summed E-state index contributed by atoms with van der Waals surface area (Å²) in [5.74, 6) is 0.506. The Balaban J connectivity index is 2.16. The van der Waals surface area contributed by atoms with Crippen LogP contribution in [0.5, 0.6) is 0 Å². The molecule has 0 saturated heterocycles. The quantitative estimate of drug-likeness (QED) is 0.847. The Hall–Kier alpha value is -2.09. The molecule has 0 unspecified atom stereocenters. The summed E-state index contributed by atoms with van der Waals surface area (Å²) in [6.45, 7) is 10.3. The molecule has 0 aromatic heterocycles. The van der Waals surface area contributed by atoms with E-state index < -0.39 is 0 Å². The van der Waals surface area contributed by atoms with Crippen LogP contribution in [0.4, 0.5) is 0 Å². The van der Waals surface area contributed by atoms with Crippen molar-refractivity contribution in [1.82, 2.24) is 5.32 Å². The third kappa shape index (κ3) is 4.20. The largest absolute Gasteiger partial charge is 0.347 e. The fraction of sp³-hybridized carbons (Fsp3) is 0.350. The lowest BCUT2D eigenvalue weighted by Gasteiger charge is -2.20. The summed E-state index contributed by atoms with van der Waals surface area (Å²) in [5, 5.41) is 2.98. The number of hydrogen-bond acceptors (Lipinski definition) is 1. The van der Waals surface area contributed by atoms with Gasteiger partial charge in [-0.3, -0.25) is 4.79 Å². The molecule has 0 aliphatic heterocycles. The SMILES string of the molecule is CC(C)c1ccc(-c2ccc(C(=O)NC(C)(C)C)cc2)cc1. The number of rotatable bonds is 3. The summed E-state index contributed by atoms with van der Waals surface area (Å²) >= 11 is 0. The van der Waals surface area contributed by atoms with Gasteiger partial charge in [0.05, 0.1) is 0 Å². The molecule has 2 nitrogen and oxygen atoms in total. The Morgan fingerprint density at radius 3 is 1.73 bits per heavy atom. The second-order valence-electron chi connectivity index (χ2n) is 7.06. The molecule has 22 heavy (non-hydrogen) atoms. The summed E-state index contributed by atoms with van der Waals surface area (Å²) < 4.78 is 0. The highest BCUT2D eigenvalue weighted by molar-refractivity contribution is 5.95. The summed E-state index contributed by atoms with van der Waals surface area (Å²) in [6.07, 6.45) is 0. The van der Waals surface area contributed by atoms with E-state index in [0.717, 1.165) is 5.56 Å². The van der Waals surface area contributed by atoms with Gasteiger partial charge in [-0.1, -0.05) is 50.2 Å². The smallest absolute Gasteiger partial charge is 0.251 e. The number of carbonyl (C=O) groups is 1. The second-order valence-corrected chi connectivity index (χ2v) is 7.06. The molecule has 0 radical (unpaired) electrons. The van der Waals surface area contributed by atoms with E-state index in [0.29, 0.717) is 11.5 Å². The van der Waals surface area contributed by atoms with Crippen LogP contribution in [-0.2, 0) is 0 Å². The summed E-state index contributed by atoms with van der Waals surface area (Å²) in [7, 11) is 0. The maximum absolute atomic E-state index is 12.1. The van der Waals surface area contributed by atoms with Crippen molar-refractivity contribution in [3.63, 3.8) is 0 Å². The molecular weight excluding hydrogens is 270 g/mol. The molecule has 1 amide bonds. The van der Waals surface area contributed by atoms with Crippen LogP contribution < -0.4 is 5.32 Å². The van der Waals surface area contributed by atoms with Gasteiger partial charge >= 0.3 is 0 Å². The molecule has 0 atom stereocenters. The Labute approximate surface area is 133 Å². The van der Waals surface area contributed by atoms with Crippen LogP contribution in [0.3, 0.4) is 0 Å². The maximum atomic E-state index is 12.1. The van der Waals surface area contributed by atoms with Crippen molar-refractivity contribution in [3.05, 3.63) is 59.7 Å². The fourth-order valence-electron chi connectivity index (χ4n) is 2.29. The molecule has 2 aromatic rings. The van der Waals surface area contributed by atoms with Gasteiger partial charge in [-0.05, 0) is 55.5 Å². The highest BCUT2D eigenvalue weighted by Crippen LogP contribution is 2.23. The lowest BCUT2D eigenvalue weighted by molar-refractivity contribution is 0.0919. The van der Waals surface area contributed by atoms with E-state index in [1.165, 1.54) is 11.1 Å². The molecule has 2 heteroatoms. The lowest BCUT2D eigenvalue weighted by atomic mass is 9.98. The van der Waals surface area contributed by atoms with Gasteiger partial charge in [0.1, 0.15) is 0 Å². The molecule has 0 fully saturated rings. The lowest BCUT2D eigenvalue weighted by Crippen LogP contribution is -2.40. The van der Waals surface area contributed by atoms with Gasteiger partial charge in [0.2, 0.25) is 0 Å². The van der Waals surface area contributed by atoms with E-state index in [2.05, 4.69) is 43.4 Å². The van der Waals surface area contributed by atoms with Gasteiger partial charge in [0.15, 0.2) is 0 Å². The standard InChI is InChI=1S/C20H25NO/c1-14(2)15-6-8-16(9-7-15)17-10-12-18(13-11-17)19(22)21-20(3,4)5/h6-14H,1-5H3,(H,21,22). The molecule has 0 aliphatic carbocycles. The van der Waals surface area contributed by atoms with Crippen molar-refractivity contribution in [1.29, 1.82) is 0 Å². The number of carbonyl (C=O) groups excluding carboxylic acids is 1. The van der Waals surface area contributed by atoms with Crippen LogP contribution in [0.1, 0.15) is 56.5 Å². The van der Waals surface area contributed by atoms with E-state index in [-0.39, 0.29) is 11.4 Å². The van der Waals surface area contributed by atoms with Crippen molar-refractivity contribution in [2.75, 3.05) is 0 Å². The molecule has 0 heterocycles. The normalized spacial score (nSPS) is 11.5. The van der Waals surface area contributed by atoms with Crippen LogP contribution in [0, 0.1) is 0 Å². The van der Waals surface area contributed by atoms with Gasteiger partial charge in [-0.25, -0.2) is 0 Å². The number of hydrogen-bond donors (Lipinski definition) is 1. The molecule has 1 N–H and O–H groups in total. The predicted octanol–water partition coefficient (Wildman–Crippen LogP) is 5.01. The van der Waals surface area contributed by atoms with Crippen LogP contribution in [0.15, 0.2) is 48.5 Å². The Kier molecular flexibility index (Phi) is 4.70. The number of nitrogens with one attached hydrogen (secondary N) is 1. The molecule has 0 saturated carbocycles. The monoisotopic (exact) mass is 295 g/mol. The third-order valence-electron chi connectivity index (χ3n) is 3.55. The molecular formula is C20H25NO. The topological polar surface area (TPSA) is 29.1 Å². The summed E-state index contributed by atoms with van der Waals surface area (Å²) in [4.78, 5) is 12.1. The average Bonchev–Trinajstić information content (AvgIpc) is 2.46. The Morgan fingerprint density at radius 2 is 1.32 bits per heavy atom. The summed E-state index contributed by atoms with van der Waals surface area (Å²) in [5.41, 5.74) is 4.11. The minimum absolute atomic E-state index is 0.0331. The third-order valence-corrected chi connectivity index (χ3v) is 3.55. The average molecular weight is 295 g/mol. The highest BCUT2D eigenvalue weighted by Gasteiger charge is 2.15. The van der Waals surface area contributed by atoms with Crippen LogP contribution >= 0.6 is 0 Å². The van der Waals surface area contributed by atoms with Crippen LogP contribution in [0.25, 0.3) is 11.1 Å². The van der Waals surface area contributed by atoms with Crippen molar-refractivity contribution in [2.24, 2.45) is 0 Å². The number of benzene rings is 2. The van der Waals surface area contributed by atoms with E-state index >= 15 is 0 Å². The van der Waals surface area contributed by atoms with Crippen molar-refractivity contribution >= 4 is 5.91 Å². The van der Waals surface area contributed by atoms with E-state index in [9.17, 15) is 4.79 Å². The first kappa shape index (κ1) is 16.3. The zero-order chi connectivity index (χ0) is 16.3. The van der Waals surface area contributed by atoms with E-state index in [1.807, 2.05) is 45.0 Å². The van der Waals surface area contributed by atoms with Crippen LogP contribution in [0.2, 0.25) is 0 Å².